The largest absolute Gasteiger partial charge is 0.472 e. The molecule has 0 aromatic carbocycles. The number of unbranched alkanes of at least 4 members (excludes halogenated alkanes) is 32. The van der Waals surface area contributed by atoms with Crippen LogP contribution in [0.3, 0.4) is 0 Å². The fraction of sp³-hybridized carbons (Fsp3) is 0.890. The number of esters is 4. The van der Waals surface area contributed by atoms with Crippen LogP contribution in [0.25, 0.3) is 0 Å². The van der Waals surface area contributed by atoms with Gasteiger partial charge in [-0.1, -0.05) is 291 Å². The molecule has 0 aliphatic heterocycles. The van der Waals surface area contributed by atoms with E-state index in [1.54, 1.807) is 0 Å². The maximum Gasteiger partial charge on any atom is 0.472 e. The molecule has 3 N–H and O–H groups in total. The van der Waals surface area contributed by atoms with Crippen LogP contribution in [0.5, 0.6) is 0 Å². The lowest BCUT2D eigenvalue weighted by Crippen LogP contribution is -2.30. The first kappa shape index (κ1) is 89.5. The van der Waals surface area contributed by atoms with Crippen LogP contribution in [-0.2, 0) is 65.4 Å². The molecule has 0 aromatic heterocycles. The van der Waals surface area contributed by atoms with Crippen molar-refractivity contribution in [1.29, 1.82) is 0 Å². The first-order chi connectivity index (χ1) is 44.3. The van der Waals surface area contributed by atoms with Gasteiger partial charge in [0.1, 0.15) is 19.3 Å². The van der Waals surface area contributed by atoms with E-state index < -0.39 is 97.5 Å². The number of phosphoric acid groups is 2. The van der Waals surface area contributed by atoms with Gasteiger partial charge >= 0.3 is 39.5 Å². The van der Waals surface area contributed by atoms with E-state index in [0.29, 0.717) is 25.7 Å². The number of allylic oxidation sites excluding steroid dienone is 4. The standard InChI is InChI=1S/C73H138O17P2/c1-8-11-12-13-14-15-16-17-18-19-20-28-33-42-49-56-72(77)89-68(60-83-70(75)54-47-40-32-27-24-22-26-31-38-45-52-65(6)9-2)62-87-91(79,80)85-58-67(74)59-86-92(81,82)88-63-69(61-84-71(76)55-48-41-36-35-39-46-53-66(7)10-3)90-73(78)57-50-43-34-29-23-21-25-30-37-44-51-64(4)5/h15-18,64-69,74H,8-14,19-63H2,1-7H3,(H,79,80)(H,81,82)/b16-15-,18-17-/t65?,66?,67-,68-,69-/m1/s1. The molecule has 0 saturated carbocycles. The Bertz CT molecular complexity index is 1900. The third-order valence-corrected chi connectivity index (χ3v) is 18.9. The molecule has 17 nitrogen and oxygen atoms in total. The van der Waals surface area contributed by atoms with Gasteiger partial charge in [0.2, 0.25) is 0 Å². The predicted molar refractivity (Wildman–Crippen MR) is 372 cm³/mol. The van der Waals surface area contributed by atoms with Gasteiger partial charge in [-0.25, -0.2) is 9.13 Å². The van der Waals surface area contributed by atoms with Crippen molar-refractivity contribution in [2.45, 2.75) is 362 Å². The van der Waals surface area contributed by atoms with E-state index in [1.165, 1.54) is 135 Å². The highest BCUT2D eigenvalue weighted by molar-refractivity contribution is 7.47. The molecule has 4 unspecified atom stereocenters. The van der Waals surface area contributed by atoms with Gasteiger partial charge in [0, 0.05) is 25.7 Å². The van der Waals surface area contributed by atoms with E-state index in [1.807, 2.05) is 0 Å². The topological polar surface area (TPSA) is 237 Å². The molecule has 0 heterocycles. The lowest BCUT2D eigenvalue weighted by atomic mass is 9.99. The van der Waals surface area contributed by atoms with Gasteiger partial charge in [0.05, 0.1) is 26.4 Å². The Morgan fingerprint density at radius 2 is 0.641 bits per heavy atom. The summed E-state index contributed by atoms with van der Waals surface area (Å²) >= 11 is 0. The molecule has 0 bridgehead atoms. The second-order valence-electron chi connectivity index (χ2n) is 26.6. The van der Waals surface area contributed by atoms with Gasteiger partial charge in [0.15, 0.2) is 12.2 Å². The average molecular weight is 1350 g/mol. The van der Waals surface area contributed by atoms with E-state index in [4.69, 9.17) is 37.0 Å². The van der Waals surface area contributed by atoms with Crippen molar-refractivity contribution >= 4 is 39.5 Å². The molecule has 0 aliphatic carbocycles. The minimum absolute atomic E-state index is 0.0844. The second kappa shape index (κ2) is 63.3. The summed E-state index contributed by atoms with van der Waals surface area (Å²) in [6, 6.07) is 0. The monoisotopic (exact) mass is 1350 g/mol. The second-order valence-corrected chi connectivity index (χ2v) is 29.5. The normalized spacial score (nSPS) is 14.9. The van der Waals surface area contributed by atoms with Crippen LogP contribution >= 0.6 is 15.6 Å². The predicted octanol–water partition coefficient (Wildman–Crippen LogP) is 20.6. The Balaban J connectivity index is 5.31. The summed E-state index contributed by atoms with van der Waals surface area (Å²) in [4.78, 5) is 72.7. The first-order valence-corrected chi connectivity index (χ1v) is 40.2. The Hall–Kier alpha value is -2.46. The number of aliphatic hydroxyl groups is 1. The van der Waals surface area contributed by atoms with Gasteiger partial charge in [0.25, 0.3) is 0 Å². The number of aliphatic hydroxyl groups excluding tert-OH is 1. The molecular formula is C73H138O17P2. The summed E-state index contributed by atoms with van der Waals surface area (Å²) in [5.41, 5.74) is 0. The molecule has 92 heavy (non-hydrogen) atoms. The third kappa shape index (κ3) is 63.6. The quantitative estimate of drug-likeness (QED) is 0.0169. The number of hydrogen-bond acceptors (Lipinski definition) is 15. The summed E-state index contributed by atoms with van der Waals surface area (Å²) in [5, 5.41) is 10.6. The van der Waals surface area contributed by atoms with E-state index in [2.05, 4.69) is 72.8 Å². The molecular weight excluding hydrogens is 1210 g/mol. The van der Waals surface area contributed by atoms with Crippen LogP contribution in [0, 0.1) is 17.8 Å². The molecule has 0 aliphatic rings. The summed E-state index contributed by atoms with van der Waals surface area (Å²) in [6.07, 6.45) is 50.7. The van der Waals surface area contributed by atoms with Crippen LogP contribution in [0.4, 0.5) is 0 Å². The average Bonchev–Trinajstić information content (AvgIpc) is 1.65. The molecule has 0 fully saturated rings. The molecule has 0 amide bonds. The number of phosphoric ester groups is 2. The van der Waals surface area contributed by atoms with Crippen molar-refractivity contribution in [1.82, 2.24) is 0 Å². The summed E-state index contributed by atoms with van der Waals surface area (Å²) in [7, 11) is -9.92. The molecule has 0 radical (unpaired) electrons. The van der Waals surface area contributed by atoms with Crippen molar-refractivity contribution in [3.63, 3.8) is 0 Å². The SMILES string of the molecule is CCCCCC/C=C\C=C/CCCCCCCC(=O)O[C@H](COC(=O)CCCCCCCCCCCCC(C)CC)COP(=O)(O)OC[C@@H](O)COP(=O)(O)OC[C@@H](COC(=O)CCCCCCCCC(C)CC)OC(=O)CCCCCCCCCCCCC(C)C. The van der Waals surface area contributed by atoms with Crippen molar-refractivity contribution < 1.29 is 80.2 Å². The minimum Gasteiger partial charge on any atom is -0.462 e. The van der Waals surface area contributed by atoms with Crippen LogP contribution in [-0.4, -0.2) is 96.7 Å². The molecule has 0 rings (SSSR count). The smallest absolute Gasteiger partial charge is 0.462 e. The molecule has 0 aromatic rings. The third-order valence-electron chi connectivity index (χ3n) is 17.0. The van der Waals surface area contributed by atoms with Crippen molar-refractivity contribution in [2.75, 3.05) is 39.6 Å². The van der Waals surface area contributed by atoms with Crippen LogP contribution in [0.15, 0.2) is 24.3 Å². The number of rotatable bonds is 69. The van der Waals surface area contributed by atoms with E-state index in [0.717, 1.165) is 127 Å². The van der Waals surface area contributed by atoms with Gasteiger partial charge < -0.3 is 33.8 Å². The molecule has 0 saturated heterocycles. The molecule has 19 heteroatoms. The molecule has 7 atom stereocenters. The van der Waals surface area contributed by atoms with Crippen LogP contribution in [0.2, 0.25) is 0 Å². The fourth-order valence-corrected chi connectivity index (χ4v) is 12.0. The van der Waals surface area contributed by atoms with Crippen molar-refractivity contribution in [3.05, 3.63) is 24.3 Å². The van der Waals surface area contributed by atoms with Crippen molar-refractivity contribution in [2.24, 2.45) is 17.8 Å². The zero-order valence-electron chi connectivity index (χ0n) is 59.5. The number of hydrogen-bond donors (Lipinski definition) is 3. The van der Waals surface area contributed by atoms with Crippen molar-refractivity contribution in [3.8, 4) is 0 Å². The summed E-state index contributed by atoms with van der Waals surface area (Å²) < 4.78 is 68.4. The minimum atomic E-state index is -4.96. The Morgan fingerprint density at radius 3 is 0.967 bits per heavy atom. The van der Waals surface area contributed by atoms with E-state index >= 15 is 0 Å². The van der Waals surface area contributed by atoms with E-state index in [-0.39, 0.29) is 25.7 Å². The Kier molecular flexibility index (Phi) is 61.6. The van der Waals surface area contributed by atoms with Gasteiger partial charge in [-0.3, -0.25) is 37.3 Å². The highest BCUT2D eigenvalue weighted by Gasteiger charge is 2.30. The number of carbonyl (C=O) groups is 4. The molecule has 542 valence electrons. The lowest BCUT2D eigenvalue weighted by Gasteiger charge is -2.21. The fourth-order valence-electron chi connectivity index (χ4n) is 10.5. The zero-order valence-corrected chi connectivity index (χ0v) is 61.3. The Labute approximate surface area is 561 Å². The maximum atomic E-state index is 13.0. The van der Waals surface area contributed by atoms with Gasteiger partial charge in [-0.05, 0) is 69.1 Å². The molecule has 0 spiro atoms. The zero-order chi connectivity index (χ0) is 68.0. The van der Waals surface area contributed by atoms with Crippen LogP contribution < -0.4 is 0 Å². The highest BCUT2D eigenvalue weighted by Crippen LogP contribution is 2.45. The maximum absolute atomic E-state index is 13.0. The highest BCUT2D eigenvalue weighted by atomic mass is 31.2. The van der Waals surface area contributed by atoms with Gasteiger partial charge in [-0.15, -0.1) is 0 Å². The van der Waals surface area contributed by atoms with Gasteiger partial charge in [-0.2, -0.15) is 0 Å². The summed E-state index contributed by atoms with van der Waals surface area (Å²) in [5.74, 6) is 0.133. The summed E-state index contributed by atoms with van der Waals surface area (Å²) in [6.45, 7) is 11.8. The number of carbonyl (C=O) groups excluding carboxylic acids is 4. The van der Waals surface area contributed by atoms with Crippen LogP contribution in [0.1, 0.15) is 344 Å². The van der Waals surface area contributed by atoms with E-state index in [9.17, 15) is 43.2 Å². The first-order valence-electron chi connectivity index (χ1n) is 37.2. The number of ether oxygens (including phenoxy) is 4. The lowest BCUT2D eigenvalue weighted by molar-refractivity contribution is -0.161. The Morgan fingerprint density at radius 1 is 0.359 bits per heavy atom.